The monoisotopic (exact) mass is 597 g/mol. The molecule has 1 amide bonds. The number of halogens is 1. The number of hydrazine groups is 1. The predicted molar refractivity (Wildman–Crippen MR) is 174 cm³/mol. The van der Waals surface area contributed by atoms with E-state index in [1.165, 1.54) is 29.2 Å². The molecule has 0 fully saturated rings. The maximum atomic E-state index is 13.5. The van der Waals surface area contributed by atoms with E-state index in [1.54, 1.807) is 45.2 Å². The van der Waals surface area contributed by atoms with Crippen LogP contribution in [0, 0.1) is 6.92 Å². The summed E-state index contributed by atoms with van der Waals surface area (Å²) in [6, 6.07) is 9.02. The third-order valence-corrected chi connectivity index (χ3v) is 7.15. The number of methoxy groups -OCH3 is 1. The van der Waals surface area contributed by atoms with E-state index in [0.717, 1.165) is 16.8 Å². The molecule has 2 aromatic carbocycles. The zero-order valence-corrected chi connectivity index (χ0v) is 26.5. The molecule has 41 heavy (non-hydrogen) atoms. The van der Waals surface area contributed by atoms with Crippen molar-refractivity contribution >= 4 is 52.3 Å². The summed E-state index contributed by atoms with van der Waals surface area (Å²) >= 11 is 7.67. The van der Waals surface area contributed by atoms with Gasteiger partial charge in [-0.25, -0.2) is 5.84 Å². The number of amides is 1. The minimum atomic E-state index is -0.493. The fourth-order valence-electron chi connectivity index (χ4n) is 3.93. The van der Waals surface area contributed by atoms with Crippen molar-refractivity contribution in [3.8, 4) is 5.75 Å². The van der Waals surface area contributed by atoms with Crippen molar-refractivity contribution in [1.29, 1.82) is 0 Å². The minimum Gasteiger partial charge on any atom is -0.492 e. The Bertz CT molecular complexity index is 1420. The standard InChI is InChI=1S/C31H40ClN5O3S/c1-10-18(3)27(22(32)11-2)28(38)23(33)17-37(34)26-14-20(13-12-19(26)4)30(39)35-24-15-21(31(5,6)7)16-25(36-41-9)29(24)40-8/h10-17,36H,2,33-34H2,1,3-9H3,(H,35,39)/b18-10-,23-17-,27-22-. The number of Topliss-reactive ketones (excluding diaryl/α,β-unsaturated/α-hetero) is 1. The van der Waals surface area contributed by atoms with Crippen LogP contribution in [0.3, 0.4) is 0 Å². The molecule has 0 radical (unpaired) electrons. The summed E-state index contributed by atoms with van der Waals surface area (Å²) in [5.74, 6) is 5.98. The second-order valence-corrected chi connectivity index (χ2v) is 11.4. The molecule has 0 heterocycles. The largest absolute Gasteiger partial charge is 0.492 e. The number of hydrogen-bond donors (Lipinski definition) is 4. The first-order valence-corrected chi connectivity index (χ1v) is 14.4. The number of anilines is 3. The van der Waals surface area contributed by atoms with Crippen LogP contribution in [0.5, 0.6) is 5.75 Å². The summed E-state index contributed by atoms with van der Waals surface area (Å²) < 4.78 is 8.89. The lowest BCUT2D eigenvalue weighted by Gasteiger charge is -2.24. The molecule has 0 spiro atoms. The van der Waals surface area contributed by atoms with E-state index in [9.17, 15) is 9.59 Å². The van der Waals surface area contributed by atoms with Crippen molar-refractivity contribution in [2.24, 2.45) is 11.6 Å². The summed E-state index contributed by atoms with van der Waals surface area (Å²) in [5.41, 5.74) is 10.6. The molecule has 220 valence electrons. The summed E-state index contributed by atoms with van der Waals surface area (Å²) in [4.78, 5) is 26.6. The first-order valence-electron chi connectivity index (χ1n) is 12.8. The lowest BCUT2D eigenvalue weighted by atomic mass is 9.86. The number of carbonyl (C=O) groups excluding carboxylic acids is 2. The highest BCUT2D eigenvalue weighted by Crippen LogP contribution is 2.39. The fraction of sp³-hybridized carbons (Fsp3) is 0.290. The number of ether oxygens (including phenoxy) is 1. The van der Waals surface area contributed by atoms with Gasteiger partial charge in [-0.1, -0.05) is 63.0 Å². The third-order valence-electron chi connectivity index (χ3n) is 6.38. The van der Waals surface area contributed by atoms with Crippen LogP contribution in [0.2, 0.25) is 0 Å². The third kappa shape index (κ3) is 8.19. The zero-order chi connectivity index (χ0) is 31.1. The Morgan fingerprint density at radius 3 is 2.34 bits per heavy atom. The van der Waals surface area contributed by atoms with Crippen LogP contribution >= 0.6 is 23.5 Å². The number of nitrogens with zero attached hydrogens (tertiary/aromatic N) is 1. The Labute approximate surface area is 252 Å². The summed E-state index contributed by atoms with van der Waals surface area (Å²) in [6.07, 6.45) is 6.35. The van der Waals surface area contributed by atoms with Gasteiger partial charge in [0.15, 0.2) is 5.75 Å². The van der Waals surface area contributed by atoms with Gasteiger partial charge in [-0.05, 0) is 73.2 Å². The number of ketones is 1. The van der Waals surface area contributed by atoms with Crippen LogP contribution in [0.1, 0.15) is 56.1 Å². The Kier molecular flexibility index (Phi) is 11.7. The summed E-state index contributed by atoms with van der Waals surface area (Å²) in [7, 11) is 1.56. The smallest absolute Gasteiger partial charge is 0.255 e. The molecule has 0 aliphatic heterocycles. The van der Waals surface area contributed by atoms with Crippen molar-refractivity contribution in [3.05, 3.63) is 93.8 Å². The molecule has 0 bridgehead atoms. The van der Waals surface area contributed by atoms with Gasteiger partial charge in [-0.2, -0.15) is 0 Å². The van der Waals surface area contributed by atoms with E-state index in [1.807, 2.05) is 25.3 Å². The topological polar surface area (TPSA) is 123 Å². The highest BCUT2D eigenvalue weighted by Gasteiger charge is 2.22. The number of aryl methyl sites for hydroxylation is 1. The SMILES string of the molecule is C=C/C(Cl)=C(C(=O)/C(N)=C/N(N)c1cc(C(=O)Nc2cc(C(C)(C)C)cc(NSC)c2OC)ccc1C)\C(C)=C/C. The van der Waals surface area contributed by atoms with Gasteiger partial charge >= 0.3 is 0 Å². The van der Waals surface area contributed by atoms with Gasteiger partial charge in [-0.15, -0.1) is 0 Å². The van der Waals surface area contributed by atoms with Crippen LogP contribution in [-0.2, 0) is 10.2 Å². The quantitative estimate of drug-likeness (QED) is 0.0722. The van der Waals surface area contributed by atoms with Crippen molar-refractivity contribution in [3.63, 3.8) is 0 Å². The molecule has 2 rings (SSSR count). The Morgan fingerprint density at radius 1 is 1.17 bits per heavy atom. The normalized spacial score (nSPS) is 12.8. The molecule has 0 aromatic heterocycles. The number of hydrogen-bond acceptors (Lipinski definition) is 8. The minimum absolute atomic E-state index is 0.129. The second kappa shape index (κ2) is 14.3. The molecule has 0 atom stereocenters. The molecular formula is C31H40ClN5O3S. The van der Waals surface area contributed by atoms with Crippen molar-refractivity contribution in [2.75, 3.05) is 28.4 Å². The first kappa shape index (κ1) is 33.5. The van der Waals surface area contributed by atoms with Crippen LogP contribution in [-0.4, -0.2) is 25.1 Å². The average molecular weight is 598 g/mol. The molecule has 0 saturated carbocycles. The summed E-state index contributed by atoms with van der Waals surface area (Å²) in [6.45, 7) is 15.3. The van der Waals surface area contributed by atoms with Crippen LogP contribution in [0.15, 0.2) is 77.1 Å². The highest BCUT2D eigenvalue weighted by molar-refractivity contribution is 7.99. The molecular weight excluding hydrogens is 558 g/mol. The Hall–Kier alpha value is -3.66. The van der Waals surface area contributed by atoms with Gasteiger partial charge in [0.05, 0.1) is 34.9 Å². The number of nitrogens with two attached hydrogens (primary N) is 2. The molecule has 0 saturated heterocycles. The van der Waals surface area contributed by atoms with Crippen molar-refractivity contribution in [2.45, 2.75) is 47.0 Å². The van der Waals surface area contributed by atoms with Gasteiger partial charge in [0.2, 0.25) is 5.78 Å². The van der Waals surface area contributed by atoms with Gasteiger partial charge in [0, 0.05) is 23.6 Å². The number of benzene rings is 2. The predicted octanol–water partition coefficient (Wildman–Crippen LogP) is 6.94. The molecule has 6 N–H and O–H groups in total. The van der Waals surface area contributed by atoms with Crippen molar-refractivity contribution in [1.82, 2.24) is 0 Å². The highest BCUT2D eigenvalue weighted by atomic mass is 35.5. The summed E-state index contributed by atoms with van der Waals surface area (Å²) in [5, 5.41) is 4.38. The molecule has 0 unspecified atom stereocenters. The first-order chi connectivity index (χ1) is 19.2. The number of allylic oxidation sites excluding steroid dienone is 5. The molecule has 10 heteroatoms. The van der Waals surface area contributed by atoms with Crippen molar-refractivity contribution < 1.29 is 14.3 Å². The number of nitrogens with one attached hydrogen (secondary N) is 2. The molecule has 2 aromatic rings. The van der Waals surface area contributed by atoms with Crippen LogP contribution in [0.25, 0.3) is 0 Å². The van der Waals surface area contributed by atoms with E-state index < -0.39 is 5.78 Å². The number of carbonyl (C=O) groups is 2. The van der Waals surface area contributed by atoms with E-state index in [0.29, 0.717) is 28.3 Å². The Balaban J connectivity index is 2.48. The lowest BCUT2D eigenvalue weighted by molar-refractivity contribution is -0.112. The number of rotatable bonds is 11. The molecule has 0 aliphatic carbocycles. The van der Waals surface area contributed by atoms with Crippen LogP contribution < -0.4 is 31.4 Å². The van der Waals surface area contributed by atoms with Crippen LogP contribution in [0.4, 0.5) is 17.1 Å². The van der Waals surface area contributed by atoms with E-state index in [4.69, 9.17) is 27.9 Å². The average Bonchev–Trinajstić information content (AvgIpc) is 2.92. The van der Waals surface area contributed by atoms with Gasteiger partial charge < -0.3 is 20.5 Å². The maximum Gasteiger partial charge on any atom is 0.255 e. The van der Waals surface area contributed by atoms with E-state index >= 15 is 0 Å². The lowest BCUT2D eigenvalue weighted by Crippen LogP contribution is -2.29. The van der Waals surface area contributed by atoms with Gasteiger partial charge in [0.25, 0.3) is 5.91 Å². The Morgan fingerprint density at radius 2 is 1.80 bits per heavy atom. The molecule has 0 aliphatic rings. The zero-order valence-electron chi connectivity index (χ0n) is 24.9. The maximum absolute atomic E-state index is 13.5. The van der Waals surface area contributed by atoms with Gasteiger partial charge in [-0.3, -0.25) is 14.6 Å². The van der Waals surface area contributed by atoms with E-state index in [2.05, 4.69) is 37.4 Å². The van der Waals surface area contributed by atoms with E-state index in [-0.39, 0.29) is 27.6 Å². The fourth-order valence-corrected chi connectivity index (χ4v) is 4.53. The molecule has 8 nitrogen and oxygen atoms in total. The van der Waals surface area contributed by atoms with Gasteiger partial charge in [0.1, 0.15) is 0 Å². The second-order valence-electron chi connectivity index (χ2n) is 10.3.